The number of aryl methyl sites for hydroxylation is 1. The minimum Gasteiger partial charge on any atom is -0.445 e. The standard InChI is InChI=1S/C13H17ClF3NO/c14-6-2-5-12-18-8-11(19-12)9-3-1-4-10(7-9)13(15,16)17/h8-10H,1-7H2. The molecule has 0 amide bonds. The molecule has 1 aromatic heterocycles. The van der Waals surface area contributed by atoms with Crippen molar-refractivity contribution in [1.82, 2.24) is 4.98 Å². The van der Waals surface area contributed by atoms with Crippen molar-refractivity contribution in [3.8, 4) is 0 Å². The lowest BCUT2D eigenvalue weighted by Crippen LogP contribution is -2.27. The van der Waals surface area contributed by atoms with Gasteiger partial charge in [-0.15, -0.1) is 11.6 Å². The first-order valence-corrected chi connectivity index (χ1v) is 7.11. The smallest absolute Gasteiger partial charge is 0.391 e. The first-order chi connectivity index (χ1) is 9.00. The Morgan fingerprint density at radius 2 is 2.16 bits per heavy atom. The van der Waals surface area contributed by atoms with E-state index in [2.05, 4.69) is 4.98 Å². The average molecular weight is 296 g/mol. The van der Waals surface area contributed by atoms with E-state index in [4.69, 9.17) is 16.0 Å². The van der Waals surface area contributed by atoms with Crippen LogP contribution in [0.2, 0.25) is 0 Å². The third-order valence-corrected chi connectivity index (χ3v) is 3.90. The van der Waals surface area contributed by atoms with Crippen LogP contribution in [0.1, 0.15) is 49.7 Å². The van der Waals surface area contributed by atoms with Crippen molar-refractivity contribution in [2.45, 2.75) is 50.6 Å². The number of hydrogen-bond donors (Lipinski definition) is 0. The van der Waals surface area contributed by atoms with Crippen LogP contribution >= 0.6 is 11.6 Å². The van der Waals surface area contributed by atoms with Crippen LogP contribution in [0.4, 0.5) is 13.2 Å². The van der Waals surface area contributed by atoms with E-state index in [9.17, 15) is 13.2 Å². The van der Waals surface area contributed by atoms with E-state index in [1.165, 1.54) is 0 Å². The quantitative estimate of drug-likeness (QED) is 0.754. The first-order valence-electron chi connectivity index (χ1n) is 6.58. The number of nitrogens with zero attached hydrogens (tertiary/aromatic N) is 1. The second kappa shape index (κ2) is 6.16. The number of halogens is 4. The molecule has 1 fully saturated rings. The second-order valence-corrected chi connectivity index (χ2v) is 5.43. The van der Waals surface area contributed by atoms with Gasteiger partial charge >= 0.3 is 6.18 Å². The molecule has 2 nitrogen and oxygen atoms in total. The molecule has 1 aromatic rings. The number of alkyl halides is 4. The van der Waals surface area contributed by atoms with Crippen molar-refractivity contribution in [2.24, 2.45) is 5.92 Å². The summed E-state index contributed by atoms with van der Waals surface area (Å²) in [6.07, 6.45) is 0.563. The van der Waals surface area contributed by atoms with E-state index < -0.39 is 12.1 Å². The molecule has 1 aliphatic carbocycles. The molecule has 1 saturated carbocycles. The summed E-state index contributed by atoms with van der Waals surface area (Å²) in [5, 5.41) is 0. The Morgan fingerprint density at radius 3 is 2.84 bits per heavy atom. The van der Waals surface area contributed by atoms with Crippen LogP contribution in [0.3, 0.4) is 0 Å². The molecule has 2 unspecified atom stereocenters. The Balaban J connectivity index is 1.99. The zero-order chi connectivity index (χ0) is 13.9. The zero-order valence-electron chi connectivity index (χ0n) is 10.5. The molecular formula is C13H17ClF3NO. The molecule has 19 heavy (non-hydrogen) atoms. The molecule has 0 aromatic carbocycles. The average Bonchev–Trinajstić information content (AvgIpc) is 2.84. The van der Waals surface area contributed by atoms with Crippen LogP contribution in [-0.2, 0) is 6.42 Å². The Labute approximate surface area is 115 Å². The molecule has 0 N–H and O–H groups in total. The van der Waals surface area contributed by atoms with E-state index in [0.717, 1.165) is 12.8 Å². The highest BCUT2D eigenvalue weighted by atomic mass is 35.5. The van der Waals surface area contributed by atoms with Gasteiger partial charge in [0.25, 0.3) is 0 Å². The van der Waals surface area contributed by atoms with Gasteiger partial charge in [0.05, 0.1) is 12.1 Å². The van der Waals surface area contributed by atoms with Crippen molar-refractivity contribution < 1.29 is 17.6 Å². The highest BCUT2D eigenvalue weighted by molar-refractivity contribution is 6.17. The molecule has 0 spiro atoms. The molecule has 1 heterocycles. The summed E-state index contributed by atoms with van der Waals surface area (Å²) in [5.74, 6) is 0.334. The number of oxazole rings is 1. The topological polar surface area (TPSA) is 26.0 Å². The van der Waals surface area contributed by atoms with Gasteiger partial charge in [0.2, 0.25) is 0 Å². The number of hydrogen-bond acceptors (Lipinski definition) is 2. The number of rotatable bonds is 4. The summed E-state index contributed by atoms with van der Waals surface area (Å²) in [5.41, 5.74) is 0. The Morgan fingerprint density at radius 1 is 1.37 bits per heavy atom. The van der Waals surface area contributed by atoms with Crippen molar-refractivity contribution in [3.05, 3.63) is 17.8 Å². The molecule has 2 rings (SSSR count). The van der Waals surface area contributed by atoms with Gasteiger partial charge in [-0.25, -0.2) is 4.98 Å². The van der Waals surface area contributed by atoms with Crippen LogP contribution in [0.15, 0.2) is 10.6 Å². The monoisotopic (exact) mass is 295 g/mol. The minimum atomic E-state index is -4.10. The van der Waals surface area contributed by atoms with Gasteiger partial charge in [0, 0.05) is 18.2 Å². The van der Waals surface area contributed by atoms with Gasteiger partial charge in [-0.05, 0) is 25.7 Å². The lowest BCUT2D eigenvalue weighted by Gasteiger charge is -2.29. The first kappa shape index (κ1) is 14.7. The van der Waals surface area contributed by atoms with E-state index >= 15 is 0 Å². The molecule has 1 aliphatic rings. The predicted octanol–water partition coefficient (Wildman–Crippen LogP) is 4.68. The zero-order valence-corrected chi connectivity index (χ0v) is 11.3. The normalized spacial score (nSPS) is 24.6. The van der Waals surface area contributed by atoms with Crippen LogP contribution in [0.5, 0.6) is 0 Å². The Hall–Kier alpha value is -0.710. The molecule has 2 atom stereocenters. The van der Waals surface area contributed by atoms with Crippen molar-refractivity contribution in [3.63, 3.8) is 0 Å². The molecular weight excluding hydrogens is 279 g/mol. The maximum atomic E-state index is 12.7. The fourth-order valence-electron chi connectivity index (χ4n) is 2.59. The molecule has 0 saturated heterocycles. The highest BCUT2D eigenvalue weighted by Gasteiger charge is 2.43. The summed E-state index contributed by atoms with van der Waals surface area (Å²) in [7, 11) is 0. The maximum absolute atomic E-state index is 12.7. The summed E-state index contributed by atoms with van der Waals surface area (Å²) < 4.78 is 43.8. The highest BCUT2D eigenvalue weighted by Crippen LogP contribution is 2.43. The van der Waals surface area contributed by atoms with Gasteiger partial charge in [0.15, 0.2) is 5.89 Å². The summed E-state index contributed by atoms with van der Waals surface area (Å²) in [6.45, 7) is 0. The molecule has 108 valence electrons. The molecule has 0 radical (unpaired) electrons. The Kier molecular flexibility index (Phi) is 4.76. The van der Waals surface area contributed by atoms with Gasteiger partial charge in [-0.3, -0.25) is 0 Å². The van der Waals surface area contributed by atoms with Crippen LogP contribution in [0, 0.1) is 5.92 Å². The van der Waals surface area contributed by atoms with Crippen molar-refractivity contribution in [2.75, 3.05) is 5.88 Å². The van der Waals surface area contributed by atoms with Crippen LogP contribution in [0.25, 0.3) is 0 Å². The third kappa shape index (κ3) is 3.88. The van der Waals surface area contributed by atoms with Crippen molar-refractivity contribution >= 4 is 11.6 Å². The molecule has 6 heteroatoms. The minimum absolute atomic E-state index is 0.119. The number of aromatic nitrogens is 1. The largest absolute Gasteiger partial charge is 0.445 e. The maximum Gasteiger partial charge on any atom is 0.391 e. The van der Waals surface area contributed by atoms with E-state index in [-0.39, 0.29) is 18.8 Å². The third-order valence-electron chi connectivity index (χ3n) is 3.64. The Bertz CT molecular complexity index is 405. The van der Waals surface area contributed by atoms with Gasteiger partial charge in [0.1, 0.15) is 5.76 Å². The fraction of sp³-hybridized carbons (Fsp3) is 0.769. The summed E-state index contributed by atoms with van der Waals surface area (Å²) in [6, 6.07) is 0. The van der Waals surface area contributed by atoms with E-state index in [1.807, 2.05) is 0 Å². The van der Waals surface area contributed by atoms with Crippen LogP contribution < -0.4 is 0 Å². The second-order valence-electron chi connectivity index (χ2n) is 5.05. The summed E-state index contributed by atoms with van der Waals surface area (Å²) >= 11 is 5.58. The predicted molar refractivity (Wildman–Crippen MR) is 66.3 cm³/mol. The lowest BCUT2D eigenvalue weighted by molar-refractivity contribution is -0.183. The van der Waals surface area contributed by atoms with Crippen LogP contribution in [-0.4, -0.2) is 17.0 Å². The molecule has 0 aliphatic heterocycles. The summed E-state index contributed by atoms with van der Waals surface area (Å²) in [4.78, 5) is 4.11. The van der Waals surface area contributed by atoms with Gasteiger partial charge < -0.3 is 4.42 Å². The van der Waals surface area contributed by atoms with E-state index in [1.54, 1.807) is 6.20 Å². The lowest BCUT2D eigenvalue weighted by atomic mass is 9.80. The fourth-order valence-corrected chi connectivity index (χ4v) is 2.73. The van der Waals surface area contributed by atoms with E-state index in [0.29, 0.717) is 30.4 Å². The van der Waals surface area contributed by atoms with Gasteiger partial charge in [-0.2, -0.15) is 13.2 Å². The SMILES string of the molecule is FC(F)(F)C1CCCC(c2cnc(CCCCl)o2)C1. The molecule has 0 bridgehead atoms. The van der Waals surface area contributed by atoms with Gasteiger partial charge in [-0.1, -0.05) is 6.42 Å². The van der Waals surface area contributed by atoms with Crippen molar-refractivity contribution in [1.29, 1.82) is 0 Å².